The molecule has 0 saturated carbocycles. The summed E-state index contributed by atoms with van der Waals surface area (Å²) in [5.74, 6) is 0.201. The van der Waals surface area contributed by atoms with Gasteiger partial charge in [0.25, 0.3) is 0 Å². The average Bonchev–Trinajstić information content (AvgIpc) is 2.25. The van der Waals surface area contributed by atoms with Crippen molar-refractivity contribution < 1.29 is 14.3 Å². The second-order valence-corrected chi connectivity index (χ2v) is 3.11. The van der Waals surface area contributed by atoms with Crippen LogP contribution in [-0.2, 0) is 9.53 Å². The van der Waals surface area contributed by atoms with Crippen LogP contribution in [0.15, 0.2) is 24.3 Å². The molecule has 0 aromatic heterocycles. The third kappa shape index (κ3) is 3.16. The highest BCUT2D eigenvalue weighted by molar-refractivity contribution is 5.74. The smallest absolute Gasteiger partial charge is 0.347 e. The molecule has 1 unspecified atom stereocenters. The Bertz CT molecular complexity index is 338. The molecule has 0 saturated heterocycles. The summed E-state index contributed by atoms with van der Waals surface area (Å²) in [6.07, 6.45) is -0.0154. The molecule has 0 heterocycles. The predicted molar refractivity (Wildman–Crippen MR) is 57.6 cm³/mol. The lowest BCUT2D eigenvalue weighted by Gasteiger charge is -2.15. The summed E-state index contributed by atoms with van der Waals surface area (Å²) in [5, 5.41) is 0. The van der Waals surface area contributed by atoms with E-state index in [-0.39, 0.29) is 5.97 Å². The van der Waals surface area contributed by atoms with Gasteiger partial charge in [0.05, 0.1) is 7.11 Å². The lowest BCUT2D eigenvalue weighted by atomic mass is 10.2. The molecule has 0 aliphatic rings. The van der Waals surface area contributed by atoms with E-state index in [1.807, 2.05) is 6.92 Å². The number of nitrogen functional groups attached to an aromatic ring is 1. The Hall–Kier alpha value is -1.71. The van der Waals surface area contributed by atoms with E-state index in [9.17, 15) is 4.79 Å². The number of rotatable bonds is 4. The Morgan fingerprint density at radius 1 is 1.53 bits per heavy atom. The van der Waals surface area contributed by atoms with Crippen molar-refractivity contribution in [3.8, 4) is 5.75 Å². The first-order chi connectivity index (χ1) is 7.17. The minimum absolute atomic E-state index is 0.375. The molecule has 0 amide bonds. The van der Waals surface area contributed by atoms with Gasteiger partial charge in [0.2, 0.25) is 0 Å². The van der Waals surface area contributed by atoms with Crippen molar-refractivity contribution in [2.24, 2.45) is 0 Å². The maximum absolute atomic E-state index is 11.3. The summed E-state index contributed by atoms with van der Waals surface area (Å²) in [6.45, 7) is 1.86. The Labute approximate surface area is 89.0 Å². The third-order valence-corrected chi connectivity index (χ3v) is 1.97. The molecular weight excluding hydrogens is 194 g/mol. The van der Waals surface area contributed by atoms with E-state index < -0.39 is 6.10 Å². The first kappa shape index (κ1) is 11.4. The van der Waals surface area contributed by atoms with Gasteiger partial charge in [0.1, 0.15) is 5.75 Å². The van der Waals surface area contributed by atoms with Crippen LogP contribution < -0.4 is 10.5 Å². The molecular formula is C11H15NO3. The van der Waals surface area contributed by atoms with Crippen LogP contribution in [0.3, 0.4) is 0 Å². The van der Waals surface area contributed by atoms with Gasteiger partial charge in [-0.2, -0.15) is 0 Å². The minimum atomic E-state index is -0.572. The van der Waals surface area contributed by atoms with Gasteiger partial charge in [-0.05, 0) is 18.6 Å². The lowest BCUT2D eigenvalue weighted by Crippen LogP contribution is -2.27. The molecule has 15 heavy (non-hydrogen) atoms. The van der Waals surface area contributed by atoms with E-state index in [1.165, 1.54) is 7.11 Å². The van der Waals surface area contributed by atoms with E-state index >= 15 is 0 Å². The molecule has 0 radical (unpaired) electrons. The average molecular weight is 209 g/mol. The Morgan fingerprint density at radius 2 is 2.27 bits per heavy atom. The maximum Gasteiger partial charge on any atom is 0.347 e. The molecule has 1 atom stereocenters. The first-order valence-electron chi connectivity index (χ1n) is 4.77. The Kier molecular flexibility index (Phi) is 3.97. The molecule has 0 bridgehead atoms. The van der Waals surface area contributed by atoms with Gasteiger partial charge < -0.3 is 15.2 Å². The van der Waals surface area contributed by atoms with Crippen molar-refractivity contribution >= 4 is 11.7 Å². The fraction of sp³-hybridized carbons (Fsp3) is 0.364. The SMILES string of the molecule is CCC(Oc1cccc(N)c1)C(=O)OC. The van der Waals surface area contributed by atoms with Crippen molar-refractivity contribution in [3.05, 3.63) is 24.3 Å². The predicted octanol–water partition coefficient (Wildman–Crippen LogP) is 1.60. The Morgan fingerprint density at radius 3 is 2.80 bits per heavy atom. The number of carbonyl (C=O) groups is 1. The molecule has 82 valence electrons. The minimum Gasteiger partial charge on any atom is -0.479 e. The first-order valence-corrected chi connectivity index (χ1v) is 4.77. The fourth-order valence-corrected chi connectivity index (χ4v) is 1.18. The third-order valence-electron chi connectivity index (χ3n) is 1.97. The van der Waals surface area contributed by atoms with Crippen LogP contribution in [0.5, 0.6) is 5.75 Å². The number of methoxy groups -OCH3 is 1. The van der Waals surface area contributed by atoms with Gasteiger partial charge in [0, 0.05) is 11.8 Å². The normalized spacial score (nSPS) is 11.9. The van der Waals surface area contributed by atoms with Gasteiger partial charge in [-0.15, -0.1) is 0 Å². The summed E-state index contributed by atoms with van der Waals surface area (Å²) < 4.78 is 10.1. The van der Waals surface area contributed by atoms with E-state index in [0.29, 0.717) is 17.9 Å². The zero-order valence-electron chi connectivity index (χ0n) is 8.90. The van der Waals surface area contributed by atoms with Crippen LogP contribution in [0.4, 0.5) is 5.69 Å². The van der Waals surface area contributed by atoms with Gasteiger partial charge >= 0.3 is 5.97 Å². The van der Waals surface area contributed by atoms with Crippen LogP contribution in [0.2, 0.25) is 0 Å². The maximum atomic E-state index is 11.3. The summed E-state index contributed by atoms with van der Waals surface area (Å²) in [5.41, 5.74) is 6.19. The zero-order chi connectivity index (χ0) is 11.3. The van der Waals surface area contributed by atoms with E-state index in [2.05, 4.69) is 4.74 Å². The molecule has 2 N–H and O–H groups in total. The summed E-state index contributed by atoms with van der Waals surface area (Å²) in [6, 6.07) is 6.95. The molecule has 0 aliphatic heterocycles. The van der Waals surface area contributed by atoms with Crippen LogP contribution in [0.25, 0.3) is 0 Å². The number of ether oxygens (including phenoxy) is 2. The molecule has 1 rings (SSSR count). The van der Waals surface area contributed by atoms with Crippen molar-refractivity contribution in [2.45, 2.75) is 19.4 Å². The number of carbonyl (C=O) groups excluding carboxylic acids is 1. The van der Waals surface area contributed by atoms with Gasteiger partial charge in [-0.1, -0.05) is 13.0 Å². The van der Waals surface area contributed by atoms with Gasteiger partial charge in [-0.25, -0.2) is 4.79 Å². The fourth-order valence-electron chi connectivity index (χ4n) is 1.18. The van der Waals surface area contributed by atoms with E-state index in [1.54, 1.807) is 24.3 Å². The quantitative estimate of drug-likeness (QED) is 0.604. The molecule has 1 aromatic rings. The van der Waals surface area contributed by atoms with Crippen LogP contribution in [0.1, 0.15) is 13.3 Å². The molecule has 1 aromatic carbocycles. The second-order valence-electron chi connectivity index (χ2n) is 3.11. The summed E-state index contributed by atoms with van der Waals surface area (Å²) in [4.78, 5) is 11.3. The lowest BCUT2D eigenvalue weighted by molar-refractivity contribution is -0.148. The molecule has 0 fully saturated rings. The summed E-state index contributed by atoms with van der Waals surface area (Å²) >= 11 is 0. The zero-order valence-corrected chi connectivity index (χ0v) is 8.90. The van der Waals surface area contributed by atoms with E-state index in [4.69, 9.17) is 10.5 Å². The highest BCUT2D eigenvalue weighted by Gasteiger charge is 2.18. The monoisotopic (exact) mass is 209 g/mol. The van der Waals surface area contributed by atoms with Crippen LogP contribution >= 0.6 is 0 Å². The number of esters is 1. The number of hydrogen-bond donors (Lipinski definition) is 1. The molecule has 4 nitrogen and oxygen atoms in total. The van der Waals surface area contributed by atoms with E-state index in [0.717, 1.165) is 0 Å². The van der Waals surface area contributed by atoms with Crippen molar-refractivity contribution in [3.63, 3.8) is 0 Å². The highest BCUT2D eigenvalue weighted by atomic mass is 16.6. The van der Waals surface area contributed by atoms with Crippen molar-refractivity contribution in [1.82, 2.24) is 0 Å². The summed E-state index contributed by atoms with van der Waals surface area (Å²) in [7, 11) is 1.34. The number of hydrogen-bond acceptors (Lipinski definition) is 4. The number of benzene rings is 1. The van der Waals surface area contributed by atoms with Crippen molar-refractivity contribution in [2.75, 3.05) is 12.8 Å². The topological polar surface area (TPSA) is 61.5 Å². The molecule has 0 aliphatic carbocycles. The van der Waals surface area contributed by atoms with Crippen LogP contribution in [-0.4, -0.2) is 19.2 Å². The van der Waals surface area contributed by atoms with Gasteiger partial charge in [0.15, 0.2) is 6.10 Å². The number of anilines is 1. The second kappa shape index (κ2) is 5.24. The number of nitrogens with two attached hydrogens (primary N) is 1. The molecule has 0 spiro atoms. The standard InChI is InChI=1S/C11H15NO3/c1-3-10(11(13)14-2)15-9-6-4-5-8(12)7-9/h4-7,10H,3,12H2,1-2H3. The van der Waals surface area contributed by atoms with Crippen LogP contribution in [0, 0.1) is 0 Å². The Balaban J connectivity index is 2.70. The van der Waals surface area contributed by atoms with Gasteiger partial charge in [-0.3, -0.25) is 0 Å². The largest absolute Gasteiger partial charge is 0.479 e. The molecule has 4 heteroatoms. The van der Waals surface area contributed by atoms with Crippen molar-refractivity contribution in [1.29, 1.82) is 0 Å². The highest BCUT2D eigenvalue weighted by Crippen LogP contribution is 2.17.